The maximum atomic E-state index is 12.8. The summed E-state index contributed by atoms with van der Waals surface area (Å²) in [6, 6.07) is 7.35. The topological polar surface area (TPSA) is 52.7 Å². The number of halogens is 1. The Morgan fingerprint density at radius 1 is 1.08 bits per heavy atom. The fourth-order valence-corrected chi connectivity index (χ4v) is 4.11. The van der Waals surface area contributed by atoms with E-state index >= 15 is 0 Å². The fourth-order valence-electron chi connectivity index (χ4n) is 3.89. The van der Waals surface area contributed by atoms with E-state index in [2.05, 4.69) is 10.2 Å². The summed E-state index contributed by atoms with van der Waals surface area (Å²) >= 11 is 6.17. The van der Waals surface area contributed by atoms with Crippen molar-refractivity contribution in [3.63, 3.8) is 0 Å². The molecular weight excluding hydrogens is 350 g/mol. The van der Waals surface area contributed by atoms with Gasteiger partial charge in [0, 0.05) is 32.2 Å². The number of amides is 2. The molecule has 5 nitrogen and oxygen atoms in total. The van der Waals surface area contributed by atoms with Gasteiger partial charge in [0.1, 0.15) is 0 Å². The number of hydrogen-bond donors (Lipinski definition) is 1. The van der Waals surface area contributed by atoms with E-state index in [-0.39, 0.29) is 17.9 Å². The molecule has 2 amide bonds. The van der Waals surface area contributed by atoms with Crippen LogP contribution in [-0.4, -0.2) is 59.9 Å². The Morgan fingerprint density at radius 2 is 1.81 bits per heavy atom. The van der Waals surface area contributed by atoms with Crippen molar-refractivity contribution in [1.29, 1.82) is 0 Å². The number of rotatable bonds is 4. The van der Waals surface area contributed by atoms with E-state index in [0.717, 1.165) is 25.8 Å². The van der Waals surface area contributed by atoms with E-state index in [1.165, 1.54) is 12.8 Å². The molecule has 1 aromatic carbocycles. The number of carbonyl (C=O) groups is 2. The average molecular weight is 378 g/mol. The highest BCUT2D eigenvalue weighted by Crippen LogP contribution is 2.20. The summed E-state index contributed by atoms with van der Waals surface area (Å²) < 4.78 is 0. The summed E-state index contributed by atoms with van der Waals surface area (Å²) in [5.41, 5.74) is 0.551. The molecule has 1 aliphatic heterocycles. The van der Waals surface area contributed by atoms with Gasteiger partial charge in [-0.2, -0.15) is 0 Å². The van der Waals surface area contributed by atoms with Gasteiger partial charge in [0.15, 0.2) is 0 Å². The van der Waals surface area contributed by atoms with Gasteiger partial charge in [-0.1, -0.05) is 36.6 Å². The van der Waals surface area contributed by atoms with Crippen molar-refractivity contribution in [2.75, 3.05) is 26.2 Å². The third kappa shape index (κ3) is 4.57. The maximum Gasteiger partial charge on any atom is 0.255 e. The van der Waals surface area contributed by atoms with E-state index in [0.29, 0.717) is 36.3 Å². The van der Waals surface area contributed by atoms with Gasteiger partial charge < -0.3 is 10.2 Å². The lowest BCUT2D eigenvalue weighted by molar-refractivity contribution is -0.126. The smallest absolute Gasteiger partial charge is 0.255 e. The Kier molecular flexibility index (Phi) is 6.54. The van der Waals surface area contributed by atoms with Crippen LogP contribution in [0.15, 0.2) is 24.3 Å². The molecule has 0 bridgehead atoms. The maximum absolute atomic E-state index is 12.8. The molecule has 26 heavy (non-hydrogen) atoms. The number of nitrogens with zero attached hydrogens (tertiary/aromatic N) is 2. The highest BCUT2D eigenvalue weighted by Gasteiger charge is 2.28. The van der Waals surface area contributed by atoms with Crippen LogP contribution in [0.4, 0.5) is 0 Å². The Bertz CT molecular complexity index is 646. The third-order valence-electron chi connectivity index (χ3n) is 5.55. The lowest BCUT2D eigenvalue weighted by Gasteiger charge is -2.28. The molecule has 142 valence electrons. The zero-order chi connectivity index (χ0) is 18.5. The molecule has 0 aromatic heterocycles. The first-order valence-corrected chi connectivity index (χ1v) is 10.0. The van der Waals surface area contributed by atoms with Crippen LogP contribution in [0.1, 0.15) is 49.4 Å². The lowest BCUT2D eigenvalue weighted by Crippen LogP contribution is -2.48. The molecule has 0 spiro atoms. The molecule has 1 saturated heterocycles. The fraction of sp³-hybridized carbons (Fsp3) is 0.600. The van der Waals surface area contributed by atoms with Crippen molar-refractivity contribution in [2.24, 2.45) is 0 Å². The predicted molar refractivity (Wildman–Crippen MR) is 103 cm³/mol. The van der Waals surface area contributed by atoms with Gasteiger partial charge >= 0.3 is 0 Å². The normalized spacial score (nSPS) is 20.6. The number of benzene rings is 1. The zero-order valence-corrected chi connectivity index (χ0v) is 16.2. The predicted octanol–water partition coefficient (Wildman–Crippen LogP) is 2.94. The van der Waals surface area contributed by atoms with Crippen LogP contribution < -0.4 is 5.32 Å². The van der Waals surface area contributed by atoms with Crippen LogP contribution in [0, 0.1) is 0 Å². The second-order valence-corrected chi connectivity index (χ2v) is 7.73. The van der Waals surface area contributed by atoms with E-state index in [1.807, 2.05) is 24.0 Å². The summed E-state index contributed by atoms with van der Waals surface area (Å²) in [4.78, 5) is 29.3. The lowest BCUT2D eigenvalue weighted by atomic mass is 10.2. The largest absolute Gasteiger partial charge is 0.352 e. The molecule has 1 heterocycles. The van der Waals surface area contributed by atoms with Crippen LogP contribution in [0.25, 0.3) is 0 Å². The van der Waals surface area contributed by atoms with Crippen molar-refractivity contribution in [1.82, 2.24) is 15.1 Å². The highest BCUT2D eigenvalue weighted by atomic mass is 35.5. The first-order valence-electron chi connectivity index (χ1n) is 9.64. The number of carbonyl (C=O) groups excluding carboxylic acids is 2. The van der Waals surface area contributed by atoms with Crippen LogP contribution in [0.3, 0.4) is 0 Å². The van der Waals surface area contributed by atoms with Crippen LogP contribution in [0.5, 0.6) is 0 Å². The minimum Gasteiger partial charge on any atom is -0.352 e. The van der Waals surface area contributed by atoms with Crippen molar-refractivity contribution in [3.05, 3.63) is 34.9 Å². The van der Waals surface area contributed by atoms with Crippen molar-refractivity contribution >= 4 is 23.4 Å². The molecule has 1 aliphatic carbocycles. The van der Waals surface area contributed by atoms with E-state index in [9.17, 15) is 9.59 Å². The minimum atomic E-state index is -0.161. The number of hydrogen-bond acceptors (Lipinski definition) is 3. The molecular formula is C20H28ClN3O2. The van der Waals surface area contributed by atoms with Crippen LogP contribution >= 0.6 is 11.6 Å². The molecule has 3 rings (SSSR count). The van der Waals surface area contributed by atoms with Gasteiger partial charge in [-0.05, 0) is 38.3 Å². The highest BCUT2D eigenvalue weighted by molar-refractivity contribution is 6.33. The molecule has 1 aromatic rings. The first kappa shape index (κ1) is 19.2. The summed E-state index contributed by atoms with van der Waals surface area (Å²) in [6.07, 6.45) is 5.47. The molecule has 1 atom stereocenters. The van der Waals surface area contributed by atoms with E-state index in [4.69, 9.17) is 11.6 Å². The first-order chi connectivity index (χ1) is 12.6. The molecule has 0 radical (unpaired) electrons. The summed E-state index contributed by atoms with van der Waals surface area (Å²) in [7, 11) is 0. The zero-order valence-electron chi connectivity index (χ0n) is 15.4. The summed E-state index contributed by atoms with van der Waals surface area (Å²) in [6.45, 7) is 4.81. The van der Waals surface area contributed by atoms with Crippen molar-refractivity contribution in [2.45, 2.75) is 51.1 Å². The minimum absolute atomic E-state index is 0.0273. The number of nitrogens with one attached hydrogen (secondary N) is 1. The second kappa shape index (κ2) is 8.87. The summed E-state index contributed by atoms with van der Waals surface area (Å²) in [5.74, 6) is 0.0864. The molecule has 1 N–H and O–H groups in total. The SMILES string of the molecule is C[C@@H](C(=O)NC1CCCC1)N1CCCN(C(=O)c2ccccc2Cl)CC1. The Morgan fingerprint density at radius 3 is 2.54 bits per heavy atom. The molecule has 0 unspecified atom stereocenters. The molecule has 2 fully saturated rings. The van der Waals surface area contributed by atoms with Gasteiger partial charge in [0.05, 0.1) is 16.6 Å². The van der Waals surface area contributed by atoms with Crippen LogP contribution in [0.2, 0.25) is 5.02 Å². The van der Waals surface area contributed by atoms with Gasteiger partial charge in [-0.25, -0.2) is 0 Å². The van der Waals surface area contributed by atoms with Gasteiger partial charge in [-0.15, -0.1) is 0 Å². The molecule has 2 aliphatic rings. The molecule has 6 heteroatoms. The Hall–Kier alpha value is -1.59. The molecule has 1 saturated carbocycles. The van der Waals surface area contributed by atoms with Gasteiger partial charge in [0.25, 0.3) is 5.91 Å². The standard InChI is InChI=1S/C20H28ClN3O2/c1-15(19(25)22-16-7-2-3-8-16)23-11-6-12-24(14-13-23)20(26)17-9-4-5-10-18(17)21/h4-5,9-10,15-16H,2-3,6-8,11-14H2,1H3,(H,22,25)/t15-/m0/s1. The Balaban J connectivity index is 1.56. The second-order valence-electron chi connectivity index (χ2n) is 7.33. The van der Waals surface area contributed by atoms with Gasteiger partial charge in [-0.3, -0.25) is 14.5 Å². The Labute approximate surface area is 160 Å². The van der Waals surface area contributed by atoms with Crippen molar-refractivity contribution < 1.29 is 9.59 Å². The monoisotopic (exact) mass is 377 g/mol. The van der Waals surface area contributed by atoms with Crippen molar-refractivity contribution in [3.8, 4) is 0 Å². The van der Waals surface area contributed by atoms with Crippen LogP contribution in [-0.2, 0) is 4.79 Å². The quantitative estimate of drug-likeness (QED) is 0.877. The summed E-state index contributed by atoms with van der Waals surface area (Å²) in [5, 5.41) is 3.67. The third-order valence-corrected chi connectivity index (χ3v) is 5.88. The van der Waals surface area contributed by atoms with E-state index < -0.39 is 0 Å². The van der Waals surface area contributed by atoms with Gasteiger partial charge in [0.2, 0.25) is 5.91 Å². The average Bonchev–Trinajstić information content (AvgIpc) is 3.02. The van der Waals surface area contributed by atoms with E-state index in [1.54, 1.807) is 12.1 Å².